The third-order valence-corrected chi connectivity index (χ3v) is 4.28. The summed E-state index contributed by atoms with van der Waals surface area (Å²) in [5, 5.41) is 9.25. The Kier molecular flexibility index (Phi) is 5.98. The fraction of sp³-hybridized carbons (Fsp3) is 0.529. The van der Waals surface area contributed by atoms with Gasteiger partial charge in [0.05, 0.1) is 18.1 Å². The molecule has 1 heterocycles. The summed E-state index contributed by atoms with van der Waals surface area (Å²) < 4.78 is 10.8. The third kappa shape index (κ3) is 4.22. The second kappa shape index (κ2) is 7.97. The predicted octanol–water partition coefficient (Wildman–Crippen LogP) is 2.52. The van der Waals surface area contributed by atoms with Crippen molar-refractivity contribution in [3.8, 4) is 0 Å². The summed E-state index contributed by atoms with van der Waals surface area (Å²) in [6.45, 7) is 2.40. The van der Waals surface area contributed by atoms with Crippen LogP contribution in [0.25, 0.3) is 0 Å². The van der Waals surface area contributed by atoms with Gasteiger partial charge in [0.2, 0.25) is 0 Å². The minimum Gasteiger partial charge on any atom is -0.465 e. The summed E-state index contributed by atoms with van der Waals surface area (Å²) in [5.74, 6) is -0.911. The van der Waals surface area contributed by atoms with Gasteiger partial charge in [0.1, 0.15) is 6.61 Å². The largest absolute Gasteiger partial charge is 0.465 e. The van der Waals surface area contributed by atoms with E-state index >= 15 is 0 Å². The summed E-state index contributed by atoms with van der Waals surface area (Å²) >= 11 is 0. The summed E-state index contributed by atoms with van der Waals surface area (Å²) in [6, 6.07) is 9.12. The smallest absolute Gasteiger partial charge is 0.407 e. The molecule has 1 N–H and O–H groups in total. The molecule has 6 nitrogen and oxygen atoms in total. The van der Waals surface area contributed by atoms with Crippen LogP contribution >= 0.6 is 0 Å². The first-order valence-electron chi connectivity index (χ1n) is 7.77. The summed E-state index contributed by atoms with van der Waals surface area (Å²) in [6.07, 6.45) is 0.000244. The van der Waals surface area contributed by atoms with Crippen LogP contribution in [-0.2, 0) is 20.9 Å². The number of hydrogen-bond acceptors (Lipinski definition) is 4. The number of amides is 1. The molecule has 0 aliphatic carbocycles. The van der Waals surface area contributed by atoms with Crippen LogP contribution in [0.1, 0.15) is 25.3 Å². The number of hydrogen-bond donors (Lipinski definition) is 1. The van der Waals surface area contributed by atoms with Crippen molar-refractivity contribution in [3.05, 3.63) is 35.9 Å². The van der Waals surface area contributed by atoms with Crippen molar-refractivity contribution in [2.45, 2.75) is 38.5 Å². The van der Waals surface area contributed by atoms with Gasteiger partial charge in [-0.1, -0.05) is 30.3 Å². The van der Waals surface area contributed by atoms with E-state index in [0.717, 1.165) is 12.0 Å². The van der Waals surface area contributed by atoms with Crippen molar-refractivity contribution in [2.24, 2.45) is 5.92 Å². The molecule has 6 heteroatoms. The van der Waals surface area contributed by atoms with Crippen molar-refractivity contribution >= 4 is 12.1 Å². The molecule has 1 aliphatic heterocycles. The van der Waals surface area contributed by atoms with Gasteiger partial charge in [-0.05, 0) is 25.3 Å². The van der Waals surface area contributed by atoms with Gasteiger partial charge >= 0.3 is 12.1 Å². The van der Waals surface area contributed by atoms with Crippen LogP contribution in [0.15, 0.2) is 30.3 Å². The van der Waals surface area contributed by atoms with Crippen LogP contribution in [0.5, 0.6) is 0 Å². The summed E-state index contributed by atoms with van der Waals surface area (Å²) in [5.41, 5.74) is 0.912. The van der Waals surface area contributed by atoms with E-state index in [-0.39, 0.29) is 18.6 Å². The fourth-order valence-corrected chi connectivity index (χ4v) is 3.06. The van der Waals surface area contributed by atoms with Gasteiger partial charge in [0, 0.05) is 13.7 Å². The number of nitrogens with zero attached hydrogens (tertiary/aromatic N) is 1. The molecule has 1 aromatic rings. The number of rotatable bonds is 6. The van der Waals surface area contributed by atoms with Crippen molar-refractivity contribution < 1.29 is 24.2 Å². The van der Waals surface area contributed by atoms with E-state index in [1.807, 2.05) is 30.3 Å². The second-order valence-corrected chi connectivity index (χ2v) is 5.77. The van der Waals surface area contributed by atoms with Crippen LogP contribution in [0.3, 0.4) is 0 Å². The molecule has 1 aromatic carbocycles. The lowest BCUT2D eigenvalue weighted by Crippen LogP contribution is -2.47. The van der Waals surface area contributed by atoms with Gasteiger partial charge in [-0.3, -0.25) is 4.79 Å². The van der Waals surface area contributed by atoms with Crippen molar-refractivity contribution in [2.75, 3.05) is 13.7 Å². The first-order chi connectivity index (χ1) is 11.0. The van der Waals surface area contributed by atoms with E-state index in [9.17, 15) is 14.7 Å². The molecule has 0 radical (unpaired) electrons. The van der Waals surface area contributed by atoms with Crippen LogP contribution in [0, 0.1) is 5.92 Å². The number of methoxy groups -OCH3 is 1. The normalized spacial score (nSPS) is 20.1. The van der Waals surface area contributed by atoms with Gasteiger partial charge in [-0.25, -0.2) is 4.79 Å². The Balaban J connectivity index is 1.97. The lowest BCUT2D eigenvalue weighted by atomic mass is 9.96. The molecule has 1 aliphatic rings. The molecular formula is C17H23NO5. The lowest BCUT2D eigenvalue weighted by Gasteiger charge is -2.31. The van der Waals surface area contributed by atoms with E-state index in [1.54, 1.807) is 6.92 Å². The van der Waals surface area contributed by atoms with E-state index in [1.165, 1.54) is 12.0 Å². The standard InChI is InChI=1S/C17H23NO5/c1-12(16(19)23-11-13-7-4-3-5-8-13)15(22-2)14-9-6-10-18(14)17(20)21/h3-5,7-8,12,14-15H,6,9-11H2,1-2H3,(H,20,21)/t12-,14?,15-/m1/s1. The lowest BCUT2D eigenvalue weighted by molar-refractivity contribution is -0.155. The molecule has 1 amide bonds. The zero-order valence-corrected chi connectivity index (χ0v) is 13.5. The molecule has 0 saturated carbocycles. The van der Waals surface area contributed by atoms with E-state index < -0.39 is 18.1 Å². The number of esters is 1. The average molecular weight is 321 g/mol. The Morgan fingerprint density at radius 2 is 2.04 bits per heavy atom. The van der Waals surface area contributed by atoms with Crippen LogP contribution in [0.4, 0.5) is 4.79 Å². The number of likely N-dealkylation sites (tertiary alicyclic amines) is 1. The van der Waals surface area contributed by atoms with Gasteiger partial charge < -0.3 is 19.5 Å². The molecule has 1 fully saturated rings. The predicted molar refractivity (Wildman–Crippen MR) is 84.0 cm³/mol. The van der Waals surface area contributed by atoms with Gasteiger partial charge in [0.15, 0.2) is 0 Å². The molecule has 1 unspecified atom stereocenters. The highest BCUT2D eigenvalue weighted by molar-refractivity contribution is 5.73. The second-order valence-electron chi connectivity index (χ2n) is 5.77. The average Bonchev–Trinajstić information content (AvgIpc) is 3.04. The van der Waals surface area contributed by atoms with Gasteiger partial charge in [-0.15, -0.1) is 0 Å². The minimum absolute atomic E-state index is 0.202. The summed E-state index contributed by atoms with van der Waals surface area (Å²) in [4.78, 5) is 24.9. The Labute approximate surface area is 136 Å². The van der Waals surface area contributed by atoms with E-state index in [0.29, 0.717) is 13.0 Å². The molecule has 1 saturated heterocycles. The zero-order chi connectivity index (χ0) is 16.8. The van der Waals surface area contributed by atoms with Crippen molar-refractivity contribution in [1.82, 2.24) is 4.90 Å². The SMILES string of the molecule is CO[C@@H](C1CCCN1C(=O)O)[C@@H](C)C(=O)OCc1ccccc1. The molecule has 23 heavy (non-hydrogen) atoms. The Hall–Kier alpha value is -2.08. The highest BCUT2D eigenvalue weighted by Gasteiger charge is 2.40. The molecule has 0 bridgehead atoms. The Bertz CT molecular complexity index is 533. The quantitative estimate of drug-likeness (QED) is 0.815. The molecule has 0 spiro atoms. The Morgan fingerprint density at radius 1 is 1.35 bits per heavy atom. The van der Waals surface area contributed by atoms with Crippen molar-refractivity contribution in [1.29, 1.82) is 0 Å². The first-order valence-corrected chi connectivity index (χ1v) is 7.77. The topological polar surface area (TPSA) is 76.1 Å². The van der Waals surface area contributed by atoms with Gasteiger partial charge in [-0.2, -0.15) is 0 Å². The van der Waals surface area contributed by atoms with E-state index in [2.05, 4.69) is 0 Å². The Morgan fingerprint density at radius 3 is 2.65 bits per heavy atom. The van der Waals surface area contributed by atoms with Crippen molar-refractivity contribution in [3.63, 3.8) is 0 Å². The van der Waals surface area contributed by atoms with Crippen LogP contribution < -0.4 is 0 Å². The number of carboxylic acid groups (broad SMARTS) is 1. The minimum atomic E-state index is -0.973. The fourth-order valence-electron chi connectivity index (χ4n) is 3.06. The number of carbonyl (C=O) groups excluding carboxylic acids is 1. The number of carbonyl (C=O) groups is 2. The maximum atomic E-state index is 12.3. The molecule has 3 atom stereocenters. The molecule has 126 valence electrons. The molecular weight excluding hydrogens is 298 g/mol. The third-order valence-electron chi connectivity index (χ3n) is 4.28. The van der Waals surface area contributed by atoms with Crippen LogP contribution in [-0.4, -0.2) is 47.9 Å². The van der Waals surface area contributed by atoms with E-state index in [4.69, 9.17) is 9.47 Å². The number of ether oxygens (including phenoxy) is 2. The zero-order valence-electron chi connectivity index (χ0n) is 13.5. The highest BCUT2D eigenvalue weighted by atomic mass is 16.5. The number of benzene rings is 1. The molecule has 2 rings (SSSR count). The maximum Gasteiger partial charge on any atom is 0.407 e. The highest BCUT2D eigenvalue weighted by Crippen LogP contribution is 2.26. The molecule has 0 aromatic heterocycles. The van der Waals surface area contributed by atoms with Gasteiger partial charge in [0.25, 0.3) is 0 Å². The van der Waals surface area contributed by atoms with Crippen LogP contribution in [0.2, 0.25) is 0 Å². The summed E-state index contributed by atoms with van der Waals surface area (Å²) in [7, 11) is 1.50. The maximum absolute atomic E-state index is 12.3. The first kappa shape index (κ1) is 17.3. The monoisotopic (exact) mass is 321 g/mol.